The molecule has 8 nitrogen and oxygen atoms in total. The molecule has 1 aromatic carbocycles. The van der Waals surface area contributed by atoms with Crippen LogP contribution in [0, 0.1) is 13.8 Å². The standard InChI is InChI=1S/C24H25ClN2O6S/c1-11(2)15-9-16(25)12(3)8-18(15)32-10-14-6-7-17(33-14)22(29)27-23-19(24(30)31-5)13(4)20(34-23)21(26)28/h6-9,11H,10H2,1-5H3,(H2,26,28)(H,27,29). The van der Waals surface area contributed by atoms with Gasteiger partial charge in [-0.15, -0.1) is 11.3 Å². The maximum atomic E-state index is 12.8. The third-order valence-corrected chi connectivity index (χ3v) is 6.78. The lowest BCUT2D eigenvalue weighted by Crippen LogP contribution is -2.14. The monoisotopic (exact) mass is 504 g/mol. The minimum atomic E-state index is -0.705. The van der Waals surface area contributed by atoms with E-state index in [1.54, 1.807) is 13.0 Å². The van der Waals surface area contributed by atoms with E-state index in [4.69, 9.17) is 31.2 Å². The molecule has 34 heavy (non-hydrogen) atoms. The summed E-state index contributed by atoms with van der Waals surface area (Å²) in [6.07, 6.45) is 0. The van der Waals surface area contributed by atoms with Gasteiger partial charge in [-0.1, -0.05) is 25.4 Å². The van der Waals surface area contributed by atoms with Gasteiger partial charge in [0.25, 0.3) is 11.8 Å². The largest absolute Gasteiger partial charge is 0.485 e. The number of anilines is 1. The first-order valence-electron chi connectivity index (χ1n) is 10.4. The molecule has 2 amide bonds. The van der Waals surface area contributed by atoms with Crippen LogP contribution in [0.1, 0.15) is 72.8 Å². The van der Waals surface area contributed by atoms with Crippen LogP contribution in [0.15, 0.2) is 28.7 Å². The van der Waals surface area contributed by atoms with Gasteiger partial charge in [-0.05, 0) is 60.7 Å². The maximum absolute atomic E-state index is 12.8. The highest BCUT2D eigenvalue weighted by atomic mass is 35.5. The van der Waals surface area contributed by atoms with Crippen molar-refractivity contribution in [2.75, 3.05) is 12.4 Å². The maximum Gasteiger partial charge on any atom is 0.341 e. The van der Waals surface area contributed by atoms with E-state index in [1.807, 2.05) is 32.9 Å². The van der Waals surface area contributed by atoms with Crippen LogP contribution < -0.4 is 15.8 Å². The number of aryl methyl sites for hydroxylation is 1. The molecule has 0 aliphatic rings. The first-order valence-corrected chi connectivity index (χ1v) is 11.6. The Morgan fingerprint density at radius 3 is 2.53 bits per heavy atom. The lowest BCUT2D eigenvalue weighted by Gasteiger charge is -2.15. The number of amides is 2. The lowest BCUT2D eigenvalue weighted by atomic mass is 10.0. The van der Waals surface area contributed by atoms with Crippen molar-refractivity contribution in [1.29, 1.82) is 0 Å². The van der Waals surface area contributed by atoms with Crippen molar-refractivity contribution >= 4 is 45.7 Å². The Labute approximate surface area is 206 Å². The summed E-state index contributed by atoms with van der Waals surface area (Å²) in [5.74, 6) is -0.657. The van der Waals surface area contributed by atoms with E-state index in [2.05, 4.69) is 5.32 Å². The second-order valence-electron chi connectivity index (χ2n) is 7.92. The first-order chi connectivity index (χ1) is 16.0. The summed E-state index contributed by atoms with van der Waals surface area (Å²) in [6.45, 7) is 7.65. The second-order valence-corrected chi connectivity index (χ2v) is 9.35. The Hall–Kier alpha value is -3.30. The van der Waals surface area contributed by atoms with Gasteiger partial charge in [0.2, 0.25) is 0 Å². The molecule has 3 rings (SSSR count). The molecule has 0 unspecified atom stereocenters. The van der Waals surface area contributed by atoms with Crippen LogP contribution in [0.3, 0.4) is 0 Å². The molecule has 0 fully saturated rings. The van der Waals surface area contributed by atoms with Crippen molar-refractivity contribution in [2.24, 2.45) is 5.73 Å². The lowest BCUT2D eigenvalue weighted by molar-refractivity contribution is 0.0601. The van der Waals surface area contributed by atoms with Crippen molar-refractivity contribution in [3.05, 3.63) is 67.9 Å². The highest BCUT2D eigenvalue weighted by Crippen LogP contribution is 2.34. The third-order valence-electron chi connectivity index (χ3n) is 5.16. The van der Waals surface area contributed by atoms with E-state index in [1.165, 1.54) is 13.2 Å². The summed E-state index contributed by atoms with van der Waals surface area (Å²) >= 11 is 7.15. The predicted molar refractivity (Wildman–Crippen MR) is 130 cm³/mol. The summed E-state index contributed by atoms with van der Waals surface area (Å²) < 4.78 is 16.4. The van der Waals surface area contributed by atoms with E-state index in [0.717, 1.165) is 22.5 Å². The number of furan rings is 1. The van der Waals surface area contributed by atoms with Crippen LogP contribution in [-0.4, -0.2) is 24.9 Å². The Morgan fingerprint density at radius 1 is 1.21 bits per heavy atom. The number of rotatable bonds is 8. The molecule has 10 heteroatoms. The fraction of sp³-hybridized carbons (Fsp3) is 0.292. The number of hydrogen-bond acceptors (Lipinski definition) is 7. The topological polar surface area (TPSA) is 121 Å². The van der Waals surface area contributed by atoms with Gasteiger partial charge in [-0.3, -0.25) is 9.59 Å². The second kappa shape index (κ2) is 10.3. The van der Waals surface area contributed by atoms with Crippen molar-refractivity contribution in [3.8, 4) is 5.75 Å². The van der Waals surface area contributed by atoms with Gasteiger partial charge in [0.05, 0.1) is 17.6 Å². The fourth-order valence-corrected chi connectivity index (χ4v) is 4.54. The van der Waals surface area contributed by atoms with Crippen LogP contribution in [0.2, 0.25) is 5.02 Å². The number of hydrogen-bond donors (Lipinski definition) is 2. The van der Waals surface area contributed by atoms with Crippen LogP contribution in [0.5, 0.6) is 5.75 Å². The fourth-order valence-electron chi connectivity index (χ4n) is 3.32. The van der Waals surface area contributed by atoms with Gasteiger partial charge in [0.15, 0.2) is 5.76 Å². The number of ether oxygens (including phenoxy) is 2. The molecular weight excluding hydrogens is 480 g/mol. The van der Waals surface area contributed by atoms with Gasteiger partial charge in [0.1, 0.15) is 23.1 Å². The Balaban J connectivity index is 1.77. The Morgan fingerprint density at radius 2 is 1.91 bits per heavy atom. The van der Waals surface area contributed by atoms with E-state index in [9.17, 15) is 14.4 Å². The Bertz CT molecular complexity index is 1260. The summed E-state index contributed by atoms with van der Waals surface area (Å²) in [5, 5.41) is 3.42. The third kappa shape index (κ3) is 5.26. The van der Waals surface area contributed by atoms with Crippen molar-refractivity contribution in [3.63, 3.8) is 0 Å². The number of thiophene rings is 1. The van der Waals surface area contributed by atoms with Crippen LogP contribution in [0.25, 0.3) is 0 Å². The van der Waals surface area contributed by atoms with Gasteiger partial charge >= 0.3 is 5.97 Å². The summed E-state index contributed by atoms with van der Waals surface area (Å²) in [6, 6.07) is 6.89. The molecule has 0 bridgehead atoms. The molecule has 0 aliphatic carbocycles. The highest BCUT2D eigenvalue weighted by Gasteiger charge is 2.26. The zero-order valence-corrected chi connectivity index (χ0v) is 21.0. The number of methoxy groups -OCH3 is 1. The van der Waals surface area contributed by atoms with Crippen LogP contribution in [-0.2, 0) is 11.3 Å². The molecule has 0 saturated heterocycles. The van der Waals surface area contributed by atoms with Gasteiger partial charge < -0.3 is 24.9 Å². The number of benzene rings is 1. The van der Waals surface area contributed by atoms with Gasteiger partial charge in [0, 0.05) is 5.02 Å². The number of nitrogens with one attached hydrogen (secondary N) is 1. The zero-order valence-electron chi connectivity index (χ0n) is 19.4. The number of carbonyl (C=O) groups excluding carboxylic acids is 3. The molecule has 0 radical (unpaired) electrons. The number of carbonyl (C=O) groups is 3. The molecule has 0 spiro atoms. The smallest absolute Gasteiger partial charge is 0.341 e. The predicted octanol–water partition coefficient (Wildman–Crippen LogP) is 5.45. The summed E-state index contributed by atoms with van der Waals surface area (Å²) in [7, 11) is 1.21. The minimum Gasteiger partial charge on any atom is -0.485 e. The number of primary amides is 1. The van der Waals surface area contributed by atoms with Crippen LogP contribution in [0.4, 0.5) is 5.00 Å². The van der Waals surface area contributed by atoms with E-state index < -0.39 is 17.8 Å². The van der Waals surface area contributed by atoms with E-state index in [-0.39, 0.29) is 33.7 Å². The zero-order chi connectivity index (χ0) is 25.2. The quantitative estimate of drug-likeness (QED) is 0.393. The van der Waals surface area contributed by atoms with Gasteiger partial charge in [-0.25, -0.2) is 4.79 Å². The van der Waals surface area contributed by atoms with Crippen molar-refractivity contribution in [2.45, 2.75) is 40.2 Å². The number of halogens is 1. The summed E-state index contributed by atoms with van der Waals surface area (Å²) in [4.78, 5) is 36.8. The molecule has 3 N–H and O–H groups in total. The molecule has 180 valence electrons. The number of esters is 1. The molecule has 3 aromatic rings. The molecule has 0 saturated carbocycles. The molecule has 2 aromatic heterocycles. The van der Waals surface area contributed by atoms with E-state index >= 15 is 0 Å². The average Bonchev–Trinajstić information content (AvgIpc) is 3.38. The summed E-state index contributed by atoms with van der Waals surface area (Å²) in [5.41, 5.74) is 7.65. The molecular formula is C24H25ClN2O6S. The number of nitrogens with two attached hydrogens (primary N) is 1. The molecule has 0 aliphatic heterocycles. The SMILES string of the molecule is COC(=O)c1c(NC(=O)c2ccc(COc3cc(C)c(Cl)cc3C(C)C)o2)sc(C(N)=O)c1C. The molecule has 2 heterocycles. The van der Waals surface area contributed by atoms with Crippen molar-refractivity contribution in [1.82, 2.24) is 0 Å². The highest BCUT2D eigenvalue weighted by molar-refractivity contribution is 7.18. The average molecular weight is 505 g/mol. The van der Waals surface area contributed by atoms with Crippen LogP contribution >= 0.6 is 22.9 Å². The normalized spacial score (nSPS) is 10.9. The van der Waals surface area contributed by atoms with Crippen molar-refractivity contribution < 1.29 is 28.3 Å². The Kier molecular flexibility index (Phi) is 7.68. The first kappa shape index (κ1) is 25.3. The van der Waals surface area contributed by atoms with Gasteiger partial charge in [-0.2, -0.15) is 0 Å². The minimum absolute atomic E-state index is 0.0115. The van der Waals surface area contributed by atoms with E-state index in [0.29, 0.717) is 22.1 Å². The molecule has 0 atom stereocenters.